The lowest BCUT2D eigenvalue weighted by Crippen LogP contribution is -2.13. The van der Waals surface area contributed by atoms with E-state index in [1.54, 1.807) is 0 Å². The van der Waals surface area contributed by atoms with Crippen LogP contribution < -0.4 is 8.91 Å². The molecule has 0 unspecified atom stereocenters. The smallest absolute Gasteiger partial charge is 0.143 e. The number of benzene rings is 1. The number of nitrogens with one attached hydrogen (secondary N) is 1. The highest BCUT2D eigenvalue weighted by molar-refractivity contribution is 9.10. The third-order valence-corrected chi connectivity index (χ3v) is 3.86. The number of allylic oxidation sites excluding steroid dienone is 5. The minimum absolute atomic E-state index is 0.614. The lowest BCUT2D eigenvalue weighted by atomic mass is 10.2. The van der Waals surface area contributed by atoms with E-state index in [9.17, 15) is 0 Å². The third-order valence-electron chi connectivity index (χ3n) is 2.78. The van der Waals surface area contributed by atoms with E-state index in [1.165, 1.54) is 12.2 Å². The van der Waals surface area contributed by atoms with E-state index in [0.29, 0.717) is 13.2 Å². The Kier molecular flexibility index (Phi) is 6.92. The van der Waals surface area contributed by atoms with Crippen LogP contribution in [0.1, 0.15) is 12.0 Å². The number of hydrogen-bond acceptors (Lipinski definition) is 4. The van der Waals surface area contributed by atoms with Gasteiger partial charge in [0.25, 0.3) is 0 Å². The molecule has 0 bridgehead atoms. The Hall–Kier alpha value is -1.17. The Labute approximate surface area is 138 Å². The molecule has 1 aliphatic carbocycles. The van der Waals surface area contributed by atoms with Gasteiger partial charge in [-0.3, -0.25) is 0 Å². The normalized spacial score (nSPS) is 13.7. The van der Waals surface area contributed by atoms with Crippen LogP contribution in [0.4, 0.5) is 0 Å². The van der Waals surface area contributed by atoms with E-state index in [2.05, 4.69) is 26.7 Å². The molecule has 2 rings (SSSR count). The molecule has 112 valence electrons. The fourth-order valence-corrected chi connectivity index (χ4v) is 2.69. The molecular weight excluding hydrogens is 350 g/mol. The third kappa shape index (κ3) is 5.99. The van der Waals surface area contributed by atoms with Gasteiger partial charge in [0.05, 0.1) is 5.76 Å². The summed E-state index contributed by atoms with van der Waals surface area (Å²) in [7, 11) is 0. The van der Waals surface area contributed by atoms with Crippen molar-refractivity contribution in [2.24, 2.45) is 0 Å². The summed E-state index contributed by atoms with van der Waals surface area (Å²) in [6.45, 7) is 3.34. The van der Waals surface area contributed by atoms with Crippen LogP contribution >= 0.6 is 28.2 Å². The zero-order valence-electron chi connectivity index (χ0n) is 11.8. The Morgan fingerprint density at radius 1 is 1.29 bits per heavy atom. The number of halogens is 1. The van der Waals surface area contributed by atoms with Crippen LogP contribution in [0.5, 0.6) is 5.75 Å². The molecule has 0 radical (unpaired) electrons. The van der Waals surface area contributed by atoms with Gasteiger partial charge >= 0.3 is 0 Å². The number of rotatable bonds is 7. The summed E-state index contributed by atoms with van der Waals surface area (Å²) >= 11 is 4.66. The van der Waals surface area contributed by atoms with Crippen molar-refractivity contribution in [3.8, 4) is 5.75 Å². The Morgan fingerprint density at radius 3 is 3.05 bits per heavy atom. The molecular formula is C16H18BrNO2S. The van der Waals surface area contributed by atoms with Crippen LogP contribution in [0.2, 0.25) is 0 Å². The maximum Gasteiger partial charge on any atom is 0.143 e. The molecule has 0 saturated carbocycles. The summed E-state index contributed by atoms with van der Waals surface area (Å²) < 4.78 is 15.5. The average molecular weight is 368 g/mol. The Morgan fingerprint density at radius 2 is 2.19 bits per heavy atom. The predicted molar refractivity (Wildman–Crippen MR) is 92.0 cm³/mol. The van der Waals surface area contributed by atoms with Crippen LogP contribution in [0.3, 0.4) is 0 Å². The molecule has 0 aliphatic heterocycles. The lowest BCUT2D eigenvalue weighted by Gasteiger charge is -2.10. The fraction of sp³-hybridized carbons (Fsp3) is 0.250. The highest BCUT2D eigenvalue weighted by Crippen LogP contribution is 2.24. The summed E-state index contributed by atoms with van der Waals surface area (Å²) in [4.78, 5) is 0. The molecule has 0 saturated heterocycles. The van der Waals surface area contributed by atoms with Crippen molar-refractivity contribution in [1.29, 1.82) is 0 Å². The largest absolute Gasteiger partial charge is 0.496 e. The topological polar surface area (TPSA) is 30.5 Å². The predicted octanol–water partition coefficient (Wildman–Crippen LogP) is 4.71. The van der Waals surface area contributed by atoms with Gasteiger partial charge in [-0.25, -0.2) is 4.72 Å². The van der Waals surface area contributed by atoms with Gasteiger partial charge < -0.3 is 8.92 Å². The van der Waals surface area contributed by atoms with Gasteiger partial charge in [0.2, 0.25) is 0 Å². The van der Waals surface area contributed by atoms with E-state index in [4.69, 9.17) is 8.92 Å². The zero-order chi connectivity index (χ0) is 14.9. The van der Waals surface area contributed by atoms with Crippen molar-refractivity contribution < 1.29 is 8.92 Å². The quantitative estimate of drug-likeness (QED) is 0.429. The Bertz CT molecular complexity index is 555. The molecule has 0 heterocycles. The van der Waals surface area contributed by atoms with Crippen molar-refractivity contribution >= 4 is 28.2 Å². The SMILES string of the molecule is Cc1cc(Br)ccc1OSNCCOC1=CC=CC=CC1. The first-order valence-corrected chi connectivity index (χ1v) is 8.27. The van der Waals surface area contributed by atoms with E-state index in [1.807, 2.05) is 49.4 Å². The molecule has 0 atom stereocenters. The standard InChI is InChI=1S/C16H18BrNO2S/c1-13-12-14(17)8-9-16(13)20-21-18-10-11-19-15-6-4-2-3-5-7-15/h2-6,8-9,12,18H,7,10-11H2,1H3. The van der Waals surface area contributed by atoms with Gasteiger partial charge in [0.15, 0.2) is 0 Å². The lowest BCUT2D eigenvalue weighted by molar-refractivity contribution is 0.214. The first kappa shape index (κ1) is 16.2. The van der Waals surface area contributed by atoms with Gasteiger partial charge in [-0.1, -0.05) is 40.2 Å². The number of ether oxygens (including phenoxy) is 1. The van der Waals surface area contributed by atoms with Crippen LogP contribution in [0, 0.1) is 6.92 Å². The molecule has 0 fully saturated rings. The van der Waals surface area contributed by atoms with Crippen molar-refractivity contribution in [1.82, 2.24) is 4.72 Å². The second kappa shape index (κ2) is 8.97. The molecule has 0 amide bonds. The summed E-state index contributed by atoms with van der Waals surface area (Å²) in [5, 5.41) is 0. The summed E-state index contributed by atoms with van der Waals surface area (Å²) in [5.41, 5.74) is 1.09. The van der Waals surface area contributed by atoms with E-state index in [-0.39, 0.29) is 0 Å². The molecule has 0 aromatic heterocycles. The fourth-order valence-electron chi connectivity index (χ4n) is 1.71. The summed E-state index contributed by atoms with van der Waals surface area (Å²) in [5.74, 6) is 1.84. The first-order chi connectivity index (χ1) is 10.3. The van der Waals surface area contributed by atoms with Crippen molar-refractivity contribution in [2.75, 3.05) is 13.2 Å². The zero-order valence-corrected chi connectivity index (χ0v) is 14.2. The van der Waals surface area contributed by atoms with Gasteiger partial charge in [-0.2, -0.15) is 0 Å². The summed E-state index contributed by atoms with van der Waals surface area (Å²) in [6.07, 6.45) is 10.9. The second-order valence-corrected chi connectivity index (χ2v) is 6.01. The van der Waals surface area contributed by atoms with Crippen molar-refractivity contribution in [3.05, 3.63) is 64.4 Å². The number of hydrogen-bond donors (Lipinski definition) is 1. The Balaban J connectivity index is 1.61. The molecule has 5 heteroatoms. The van der Waals surface area contributed by atoms with Crippen LogP contribution in [-0.2, 0) is 4.74 Å². The van der Waals surface area contributed by atoms with Crippen LogP contribution in [0.15, 0.2) is 58.8 Å². The van der Waals surface area contributed by atoms with Crippen molar-refractivity contribution in [2.45, 2.75) is 13.3 Å². The molecule has 1 aliphatic rings. The summed E-state index contributed by atoms with van der Waals surface area (Å²) in [6, 6.07) is 5.93. The van der Waals surface area contributed by atoms with Gasteiger partial charge in [0.1, 0.15) is 24.6 Å². The first-order valence-electron chi connectivity index (χ1n) is 6.73. The highest BCUT2D eigenvalue weighted by atomic mass is 79.9. The van der Waals surface area contributed by atoms with Gasteiger partial charge in [-0.05, 0) is 36.8 Å². The maximum absolute atomic E-state index is 5.68. The molecule has 1 aromatic carbocycles. The number of aryl methyl sites for hydroxylation is 1. The second-order valence-electron chi connectivity index (χ2n) is 4.47. The minimum Gasteiger partial charge on any atom is -0.496 e. The van der Waals surface area contributed by atoms with E-state index >= 15 is 0 Å². The molecule has 3 nitrogen and oxygen atoms in total. The van der Waals surface area contributed by atoms with Gasteiger partial charge in [0, 0.05) is 17.4 Å². The minimum atomic E-state index is 0.614. The maximum atomic E-state index is 5.68. The molecule has 1 aromatic rings. The molecule has 0 spiro atoms. The van der Waals surface area contributed by atoms with E-state index in [0.717, 1.165) is 28.0 Å². The molecule has 1 N–H and O–H groups in total. The monoisotopic (exact) mass is 367 g/mol. The van der Waals surface area contributed by atoms with Crippen LogP contribution in [-0.4, -0.2) is 13.2 Å². The van der Waals surface area contributed by atoms with Crippen molar-refractivity contribution in [3.63, 3.8) is 0 Å². The molecule has 21 heavy (non-hydrogen) atoms. The van der Waals surface area contributed by atoms with E-state index < -0.39 is 0 Å². The highest BCUT2D eigenvalue weighted by Gasteiger charge is 2.01. The van der Waals surface area contributed by atoms with Gasteiger partial charge in [-0.15, -0.1) is 0 Å². The average Bonchev–Trinajstić information content (AvgIpc) is 2.73. The van der Waals surface area contributed by atoms with Crippen LogP contribution in [0.25, 0.3) is 0 Å².